The number of aryl methyl sites for hydroxylation is 1. The van der Waals surface area contributed by atoms with E-state index in [-0.39, 0.29) is 5.75 Å². The second-order valence-electron chi connectivity index (χ2n) is 4.72. The molecular formula is C18H19NO3. The summed E-state index contributed by atoms with van der Waals surface area (Å²) in [5.41, 5.74) is 1.95. The lowest BCUT2D eigenvalue weighted by molar-refractivity contribution is 0.0695. The number of benzene rings is 2. The zero-order valence-electron chi connectivity index (χ0n) is 12.5. The third kappa shape index (κ3) is 5.68. The van der Waals surface area contributed by atoms with E-state index in [1.165, 1.54) is 12.1 Å². The van der Waals surface area contributed by atoms with Gasteiger partial charge in [-0.05, 0) is 48.7 Å². The Balaban J connectivity index is 0.000000235. The van der Waals surface area contributed by atoms with Crippen molar-refractivity contribution >= 4 is 5.97 Å². The van der Waals surface area contributed by atoms with E-state index in [0.717, 1.165) is 24.8 Å². The molecule has 22 heavy (non-hydrogen) atoms. The molecule has 0 atom stereocenters. The molecule has 2 N–H and O–H groups in total. The van der Waals surface area contributed by atoms with Crippen LogP contribution in [0.3, 0.4) is 0 Å². The first kappa shape index (κ1) is 17.3. The van der Waals surface area contributed by atoms with E-state index in [2.05, 4.69) is 6.92 Å². The van der Waals surface area contributed by atoms with Crippen molar-refractivity contribution in [1.29, 1.82) is 5.26 Å². The van der Waals surface area contributed by atoms with Crippen molar-refractivity contribution in [2.45, 2.75) is 26.2 Å². The number of rotatable bonds is 4. The third-order valence-corrected chi connectivity index (χ3v) is 3.04. The minimum atomic E-state index is -0.827. The fourth-order valence-electron chi connectivity index (χ4n) is 1.85. The summed E-state index contributed by atoms with van der Waals surface area (Å²) in [7, 11) is 0. The molecule has 4 heteroatoms. The first-order valence-electron chi connectivity index (χ1n) is 7.08. The lowest BCUT2D eigenvalue weighted by atomic mass is 10.0. The summed E-state index contributed by atoms with van der Waals surface area (Å²) in [6.07, 6.45) is 3.00. The number of carboxylic acids is 1. The number of hydrogen-bond donors (Lipinski definition) is 2. The molecule has 0 heterocycles. The highest BCUT2D eigenvalue weighted by molar-refractivity contribution is 5.89. The Morgan fingerprint density at radius 2 is 1.77 bits per heavy atom. The topological polar surface area (TPSA) is 81.3 Å². The fraction of sp³-hybridized carbons (Fsp3) is 0.222. The SMILES string of the molecule is CCCCc1ccccc1C(=O)O.N#Cc1ccc(O)cc1. The van der Waals surface area contributed by atoms with Crippen molar-refractivity contribution in [2.75, 3.05) is 0 Å². The van der Waals surface area contributed by atoms with Crippen LogP contribution in [0.1, 0.15) is 41.3 Å². The Bertz CT molecular complexity index is 642. The number of aromatic carboxylic acids is 1. The van der Waals surface area contributed by atoms with Crippen LogP contribution < -0.4 is 0 Å². The summed E-state index contributed by atoms with van der Waals surface area (Å²) >= 11 is 0. The van der Waals surface area contributed by atoms with Crippen LogP contribution in [0.15, 0.2) is 48.5 Å². The number of unbranched alkanes of at least 4 members (excludes halogenated alkanes) is 1. The van der Waals surface area contributed by atoms with Gasteiger partial charge in [0.15, 0.2) is 0 Å². The summed E-state index contributed by atoms with van der Waals surface area (Å²) in [4.78, 5) is 10.8. The van der Waals surface area contributed by atoms with E-state index in [1.807, 2.05) is 18.2 Å². The summed E-state index contributed by atoms with van der Waals surface area (Å²) in [5, 5.41) is 25.9. The molecular weight excluding hydrogens is 278 g/mol. The molecule has 0 aliphatic rings. The van der Waals surface area contributed by atoms with Crippen LogP contribution in [-0.4, -0.2) is 16.2 Å². The number of aromatic hydroxyl groups is 1. The molecule has 0 amide bonds. The summed E-state index contributed by atoms with van der Waals surface area (Å²) in [6.45, 7) is 2.10. The number of nitrogens with zero attached hydrogens (tertiary/aromatic N) is 1. The average molecular weight is 297 g/mol. The first-order chi connectivity index (χ1) is 10.6. The Labute approximate surface area is 130 Å². The second kappa shape index (κ2) is 9.19. The molecule has 0 fully saturated rings. The van der Waals surface area contributed by atoms with Crippen LogP contribution in [0.5, 0.6) is 5.75 Å². The molecule has 0 saturated carbocycles. The van der Waals surface area contributed by atoms with Crippen molar-refractivity contribution in [3.63, 3.8) is 0 Å². The highest BCUT2D eigenvalue weighted by Crippen LogP contribution is 2.11. The normalized spacial score (nSPS) is 9.27. The van der Waals surface area contributed by atoms with Crippen LogP contribution in [-0.2, 0) is 6.42 Å². The average Bonchev–Trinajstić information content (AvgIpc) is 2.54. The number of carboxylic acid groups (broad SMARTS) is 1. The Hall–Kier alpha value is -2.80. The smallest absolute Gasteiger partial charge is 0.335 e. The summed E-state index contributed by atoms with van der Waals surface area (Å²) in [6, 6.07) is 15.2. The molecule has 0 radical (unpaired) electrons. The van der Waals surface area contributed by atoms with E-state index in [1.54, 1.807) is 24.3 Å². The molecule has 2 aromatic carbocycles. The number of phenolic OH excluding ortho intramolecular Hbond substituents is 1. The number of nitriles is 1. The van der Waals surface area contributed by atoms with E-state index in [0.29, 0.717) is 11.1 Å². The van der Waals surface area contributed by atoms with Gasteiger partial charge in [0.1, 0.15) is 5.75 Å². The molecule has 0 spiro atoms. The molecule has 0 aliphatic carbocycles. The predicted molar refractivity (Wildman–Crippen MR) is 84.8 cm³/mol. The zero-order chi connectivity index (χ0) is 16.4. The highest BCUT2D eigenvalue weighted by Gasteiger charge is 2.07. The van der Waals surface area contributed by atoms with E-state index < -0.39 is 5.97 Å². The fourth-order valence-corrected chi connectivity index (χ4v) is 1.85. The van der Waals surface area contributed by atoms with Gasteiger partial charge in [0.2, 0.25) is 0 Å². The van der Waals surface area contributed by atoms with Gasteiger partial charge in [0, 0.05) is 0 Å². The molecule has 2 rings (SSSR count). The predicted octanol–water partition coefficient (Wildman–Crippen LogP) is 3.99. The van der Waals surface area contributed by atoms with Crippen LogP contribution in [0.4, 0.5) is 0 Å². The minimum Gasteiger partial charge on any atom is -0.508 e. The molecule has 0 aromatic heterocycles. The summed E-state index contributed by atoms with van der Waals surface area (Å²) in [5.74, 6) is -0.638. The monoisotopic (exact) mass is 297 g/mol. The van der Waals surface area contributed by atoms with Crippen molar-refractivity contribution in [3.05, 3.63) is 65.2 Å². The quantitative estimate of drug-likeness (QED) is 0.894. The van der Waals surface area contributed by atoms with Crippen LogP contribution in [0.2, 0.25) is 0 Å². The lowest BCUT2D eigenvalue weighted by Gasteiger charge is -2.03. The van der Waals surface area contributed by atoms with Crippen LogP contribution >= 0.6 is 0 Å². The largest absolute Gasteiger partial charge is 0.508 e. The van der Waals surface area contributed by atoms with Crippen molar-refractivity contribution in [3.8, 4) is 11.8 Å². The van der Waals surface area contributed by atoms with E-state index in [9.17, 15) is 4.79 Å². The molecule has 0 aliphatic heterocycles. The van der Waals surface area contributed by atoms with Gasteiger partial charge >= 0.3 is 5.97 Å². The van der Waals surface area contributed by atoms with Gasteiger partial charge in [-0.15, -0.1) is 0 Å². The number of carbonyl (C=O) groups is 1. The Morgan fingerprint density at radius 3 is 2.32 bits per heavy atom. The maximum absolute atomic E-state index is 10.8. The summed E-state index contributed by atoms with van der Waals surface area (Å²) < 4.78 is 0. The maximum atomic E-state index is 10.8. The highest BCUT2D eigenvalue weighted by atomic mass is 16.4. The van der Waals surface area contributed by atoms with Crippen LogP contribution in [0.25, 0.3) is 0 Å². The van der Waals surface area contributed by atoms with Crippen LogP contribution in [0, 0.1) is 11.3 Å². The molecule has 0 saturated heterocycles. The molecule has 114 valence electrons. The standard InChI is InChI=1S/C11H14O2.C7H5NO/c1-2-3-6-9-7-4-5-8-10(9)11(12)13;8-5-6-1-3-7(9)4-2-6/h4-5,7-8H,2-3,6H2,1H3,(H,12,13);1-4,9H. The molecule has 0 bridgehead atoms. The maximum Gasteiger partial charge on any atom is 0.335 e. The molecule has 4 nitrogen and oxygen atoms in total. The Morgan fingerprint density at radius 1 is 1.14 bits per heavy atom. The van der Waals surface area contributed by atoms with E-state index >= 15 is 0 Å². The molecule has 0 unspecified atom stereocenters. The Kier molecular flexibility index (Phi) is 7.21. The zero-order valence-corrected chi connectivity index (χ0v) is 12.5. The minimum absolute atomic E-state index is 0.189. The molecule has 2 aromatic rings. The lowest BCUT2D eigenvalue weighted by Crippen LogP contribution is -2.01. The van der Waals surface area contributed by atoms with Crippen molar-refractivity contribution in [2.24, 2.45) is 0 Å². The second-order valence-corrected chi connectivity index (χ2v) is 4.72. The van der Waals surface area contributed by atoms with Gasteiger partial charge < -0.3 is 10.2 Å². The number of phenols is 1. The van der Waals surface area contributed by atoms with Gasteiger partial charge in [-0.3, -0.25) is 0 Å². The van der Waals surface area contributed by atoms with Gasteiger partial charge in [-0.25, -0.2) is 4.79 Å². The first-order valence-corrected chi connectivity index (χ1v) is 7.08. The van der Waals surface area contributed by atoms with Crippen molar-refractivity contribution < 1.29 is 15.0 Å². The number of hydrogen-bond acceptors (Lipinski definition) is 3. The van der Waals surface area contributed by atoms with Crippen molar-refractivity contribution in [1.82, 2.24) is 0 Å². The van der Waals surface area contributed by atoms with Gasteiger partial charge in [0.05, 0.1) is 17.2 Å². The third-order valence-electron chi connectivity index (χ3n) is 3.04. The van der Waals surface area contributed by atoms with E-state index in [4.69, 9.17) is 15.5 Å². The van der Waals surface area contributed by atoms with Gasteiger partial charge in [0.25, 0.3) is 0 Å². The van der Waals surface area contributed by atoms with Gasteiger partial charge in [-0.1, -0.05) is 31.5 Å². The van der Waals surface area contributed by atoms with Gasteiger partial charge in [-0.2, -0.15) is 5.26 Å².